The fourth-order valence-electron chi connectivity index (χ4n) is 2.05. The maximum absolute atomic E-state index is 2.36. The topological polar surface area (TPSA) is 0 Å². The molecular formula is C12H16Y. The van der Waals surface area contributed by atoms with Gasteiger partial charge in [-0.1, -0.05) is 38.1 Å². The van der Waals surface area contributed by atoms with Crippen molar-refractivity contribution < 1.29 is 32.7 Å². The van der Waals surface area contributed by atoms with Gasteiger partial charge < -0.3 is 0 Å². The molecular weight excluding hydrogens is 233 g/mol. The van der Waals surface area contributed by atoms with E-state index in [1.165, 1.54) is 19.3 Å². The monoisotopic (exact) mass is 249 g/mol. The fourth-order valence-corrected chi connectivity index (χ4v) is 2.05. The predicted molar refractivity (Wildman–Crippen MR) is 52.2 cm³/mol. The van der Waals surface area contributed by atoms with Crippen LogP contribution in [0, 0.1) is 5.41 Å². The molecule has 1 aliphatic rings. The third kappa shape index (κ3) is 2.64. The van der Waals surface area contributed by atoms with Gasteiger partial charge in [0.15, 0.2) is 0 Å². The molecule has 0 atom stereocenters. The second-order valence-corrected chi connectivity index (χ2v) is 4.61. The van der Waals surface area contributed by atoms with Gasteiger partial charge in [-0.2, -0.15) is 0 Å². The van der Waals surface area contributed by atoms with E-state index in [0.29, 0.717) is 5.41 Å². The molecule has 1 radical (unpaired) electrons. The Morgan fingerprint density at radius 2 is 1.69 bits per heavy atom. The summed E-state index contributed by atoms with van der Waals surface area (Å²) in [4.78, 5) is 0. The molecule has 0 nitrogen and oxygen atoms in total. The van der Waals surface area contributed by atoms with Gasteiger partial charge in [-0.15, -0.1) is 0 Å². The summed E-state index contributed by atoms with van der Waals surface area (Å²) in [6.07, 6.45) is 3.86. The number of hydrogen-bond donors (Lipinski definition) is 0. The Balaban J connectivity index is 0.000000845. The van der Waals surface area contributed by atoms with Crippen molar-refractivity contribution in [1.29, 1.82) is 0 Å². The summed E-state index contributed by atoms with van der Waals surface area (Å²) in [5.74, 6) is 0. The van der Waals surface area contributed by atoms with Gasteiger partial charge in [0.1, 0.15) is 0 Å². The molecule has 0 aliphatic heterocycles. The van der Waals surface area contributed by atoms with Crippen molar-refractivity contribution in [2.75, 3.05) is 0 Å². The molecule has 2 rings (SSSR count). The Morgan fingerprint density at radius 1 is 1.08 bits per heavy atom. The van der Waals surface area contributed by atoms with Crippen LogP contribution in [0.5, 0.6) is 0 Å². The van der Waals surface area contributed by atoms with Crippen molar-refractivity contribution in [3.8, 4) is 0 Å². The molecule has 0 fully saturated rings. The minimum Gasteiger partial charge on any atom is -0.0620 e. The van der Waals surface area contributed by atoms with Crippen molar-refractivity contribution in [1.82, 2.24) is 0 Å². The van der Waals surface area contributed by atoms with Gasteiger partial charge in [0, 0.05) is 32.7 Å². The standard InChI is InChI=1S/C12H16.Y/c1-12(2)8-7-10-5-3-4-6-11(10)9-12;/h3-6H,7-9H2,1-2H3;. The summed E-state index contributed by atoms with van der Waals surface area (Å²) in [5, 5.41) is 0. The third-order valence-corrected chi connectivity index (χ3v) is 2.86. The molecule has 1 aliphatic carbocycles. The molecule has 0 aromatic heterocycles. The first-order chi connectivity index (χ1) is 5.67. The van der Waals surface area contributed by atoms with Crippen LogP contribution in [-0.4, -0.2) is 0 Å². The third-order valence-electron chi connectivity index (χ3n) is 2.86. The van der Waals surface area contributed by atoms with E-state index in [1.807, 2.05) is 0 Å². The molecule has 0 heterocycles. The number of fused-ring (bicyclic) bond motifs is 1. The van der Waals surface area contributed by atoms with Crippen molar-refractivity contribution >= 4 is 0 Å². The Hall–Kier alpha value is 0.324. The van der Waals surface area contributed by atoms with E-state index in [0.717, 1.165) is 0 Å². The second-order valence-electron chi connectivity index (χ2n) is 4.61. The SMILES string of the molecule is CC1(C)CCc2ccccc2C1.[Y]. The minimum atomic E-state index is 0. The quantitative estimate of drug-likeness (QED) is 0.662. The van der Waals surface area contributed by atoms with Crippen LogP contribution in [0.15, 0.2) is 24.3 Å². The summed E-state index contributed by atoms with van der Waals surface area (Å²) in [6, 6.07) is 8.85. The first kappa shape index (κ1) is 11.4. The molecule has 0 saturated heterocycles. The number of rotatable bonds is 0. The maximum atomic E-state index is 2.36. The van der Waals surface area contributed by atoms with Gasteiger partial charge >= 0.3 is 0 Å². The molecule has 0 amide bonds. The average molecular weight is 249 g/mol. The number of benzene rings is 1. The molecule has 67 valence electrons. The average Bonchev–Trinajstić information content (AvgIpc) is 2.02. The van der Waals surface area contributed by atoms with Gasteiger partial charge in [-0.3, -0.25) is 0 Å². The van der Waals surface area contributed by atoms with Gasteiger partial charge in [0.05, 0.1) is 0 Å². The summed E-state index contributed by atoms with van der Waals surface area (Å²) in [7, 11) is 0. The summed E-state index contributed by atoms with van der Waals surface area (Å²) < 4.78 is 0. The summed E-state index contributed by atoms with van der Waals surface area (Å²) in [5.41, 5.74) is 3.65. The van der Waals surface area contributed by atoms with Crippen LogP contribution >= 0.6 is 0 Å². The molecule has 0 bridgehead atoms. The Labute approximate surface area is 106 Å². The van der Waals surface area contributed by atoms with Crippen molar-refractivity contribution in [3.63, 3.8) is 0 Å². The summed E-state index contributed by atoms with van der Waals surface area (Å²) in [6.45, 7) is 4.73. The van der Waals surface area contributed by atoms with Crippen LogP contribution < -0.4 is 0 Å². The van der Waals surface area contributed by atoms with Gasteiger partial charge in [0.2, 0.25) is 0 Å². The first-order valence-electron chi connectivity index (χ1n) is 4.74. The minimum absolute atomic E-state index is 0. The summed E-state index contributed by atoms with van der Waals surface area (Å²) >= 11 is 0. The van der Waals surface area contributed by atoms with Gasteiger partial charge in [0.25, 0.3) is 0 Å². The first-order valence-corrected chi connectivity index (χ1v) is 4.74. The molecule has 1 heteroatoms. The smallest absolute Gasteiger partial charge is 0 e. The van der Waals surface area contributed by atoms with E-state index in [1.54, 1.807) is 11.1 Å². The molecule has 0 unspecified atom stereocenters. The van der Waals surface area contributed by atoms with Crippen LogP contribution in [0.3, 0.4) is 0 Å². The van der Waals surface area contributed by atoms with Crippen molar-refractivity contribution in [2.24, 2.45) is 5.41 Å². The van der Waals surface area contributed by atoms with E-state index >= 15 is 0 Å². The zero-order valence-corrected chi connectivity index (χ0v) is 11.3. The van der Waals surface area contributed by atoms with E-state index in [2.05, 4.69) is 38.1 Å². The van der Waals surface area contributed by atoms with Gasteiger partial charge in [-0.05, 0) is 35.8 Å². The van der Waals surface area contributed by atoms with Crippen molar-refractivity contribution in [2.45, 2.75) is 33.1 Å². The Kier molecular flexibility index (Phi) is 3.71. The Morgan fingerprint density at radius 3 is 2.38 bits per heavy atom. The van der Waals surface area contributed by atoms with E-state index in [-0.39, 0.29) is 32.7 Å². The molecule has 0 saturated carbocycles. The van der Waals surface area contributed by atoms with Crippen LogP contribution in [0.25, 0.3) is 0 Å². The van der Waals surface area contributed by atoms with Crippen LogP contribution in [0.1, 0.15) is 31.4 Å². The van der Waals surface area contributed by atoms with E-state index in [9.17, 15) is 0 Å². The second kappa shape index (κ2) is 4.23. The van der Waals surface area contributed by atoms with E-state index < -0.39 is 0 Å². The zero-order chi connectivity index (χ0) is 8.60. The van der Waals surface area contributed by atoms with E-state index in [4.69, 9.17) is 0 Å². The molecule has 1 aromatic rings. The van der Waals surface area contributed by atoms with Crippen LogP contribution in [0.4, 0.5) is 0 Å². The molecule has 1 aromatic carbocycles. The predicted octanol–water partition coefficient (Wildman–Crippen LogP) is 3.20. The zero-order valence-electron chi connectivity index (χ0n) is 8.51. The molecule has 0 spiro atoms. The Bertz CT molecular complexity index is 289. The number of aryl methyl sites for hydroxylation is 1. The van der Waals surface area contributed by atoms with Crippen LogP contribution in [-0.2, 0) is 45.6 Å². The van der Waals surface area contributed by atoms with Gasteiger partial charge in [-0.25, -0.2) is 0 Å². The fraction of sp³-hybridized carbons (Fsp3) is 0.500. The normalized spacial score (nSPS) is 18.6. The number of hydrogen-bond acceptors (Lipinski definition) is 0. The van der Waals surface area contributed by atoms with Crippen molar-refractivity contribution in [3.05, 3.63) is 35.4 Å². The molecule has 13 heavy (non-hydrogen) atoms. The maximum Gasteiger partial charge on any atom is 0 e. The largest absolute Gasteiger partial charge is 0.0620 e. The van der Waals surface area contributed by atoms with Crippen LogP contribution in [0.2, 0.25) is 0 Å². The molecule has 0 N–H and O–H groups in total.